The highest BCUT2D eigenvalue weighted by Crippen LogP contribution is 2.11. The fraction of sp³-hybridized carbons (Fsp3) is 0.333. The first-order valence-electron chi connectivity index (χ1n) is 3.64. The molecule has 0 amide bonds. The average molecular weight is 172 g/mol. The first-order valence-corrected chi connectivity index (χ1v) is 3.64. The maximum absolute atomic E-state index is 3.28. The summed E-state index contributed by atoms with van der Waals surface area (Å²) < 4.78 is 0. The second kappa shape index (κ2) is 5.03. The zero-order valence-corrected chi connectivity index (χ0v) is 7.74. The third kappa shape index (κ3) is 2.81. The summed E-state index contributed by atoms with van der Waals surface area (Å²) >= 11 is 0. The lowest BCUT2D eigenvalue weighted by Gasteiger charge is -2.04. The minimum Gasteiger partial charge on any atom is -0.385 e. The molecule has 1 rings (SSSR count). The van der Waals surface area contributed by atoms with Crippen LogP contribution in [0.5, 0.6) is 0 Å². The number of anilines is 1. The van der Waals surface area contributed by atoms with Crippen molar-refractivity contribution in [2.75, 3.05) is 11.9 Å². The van der Waals surface area contributed by atoms with Crippen molar-refractivity contribution >= 4 is 18.1 Å². The summed E-state index contributed by atoms with van der Waals surface area (Å²) in [6.45, 7) is 5.20. The van der Waals surface area contributed by atoms with E-state index in [1.165, 1.54) is 11.3 Å². The van der Waals surface area contributed by atoms with Gasteiger partial charge in [-0.2, -0.15) is 0 Å². The number of nitrogens with one attached hydrogen (secondary N) is 1. The SMILES string of the molecule is CCNc1ccccc1C.Cl. The third-order valence-electron chi connectivity index (χ3n) is 1.51. The van der Waals surface area contributed by atoms with E-state index in [1.54, 1.807) is 0 Å². The molecular formula is C9H14ClN. The molecular weight excluding hydrogens is 158 g/mol. The molecule has 0 fully saturated rings. The van der Waals surface area contributed by atoms with Crippen molar-refractivity contribution in [2.24, 2.45) is 0 Å². The van der Waals surface area contributed by atoms with Crippen LogP contribution in [0.1, 0.15) is 12.5 Å². The number of hydrogen-bond acceptors (Lipinski definition) is 1. The summed E-state index contributed by atoms with van der Waals surface area (Å²) in [5.41, 5.74) is 2.55. The lowest BCUT2D eigenvalue weighted by Crippen LogP contribution is -1.97. The van der Waals surface area contributed by atoms with Gasteiger partial charge < -0.3 is 5.32 Å². The van der Waals surface area contributed by atoms with E-state index in [0.29, 0.717) is 0 Å². The second-order valence-electron chi connectivity index (χ2n) is 2.35. The van der Waals surface area contributed by atoms with Crippen molar-refractivity contribution in [2.45, 2.75) is 13.8 Å². The number of aryl methyl sites for hydroxylation is 1. The van der Waals surface area contributed by atoms with Crippen LogP contribution < -0.4 is 5.32 Å². The molecule has 62 valence electrons. The van der Waals surface area contributed by atoms with Crippen molar-refractivity contribution in [3.8, 4) is 0 Å². The maximum Gasteiger partial charge on any atom is 0.0369 e. The summed E-state index contributed by atoms with van der Waals surface area (Å²) in [6, 6.07) is 8.30. The normalized spacial score (nSPS) is 8.55. The maximum atomic E-state index is 3.28. The number of hydrogen-bond donors (Lipinski definition) is 1. The van der Waals surface area contributed by atoms with E-state index in [9.17, 15) is 0 Å². The van der Waals surface area contributed by atoms with Crippen LogP contribution in [0.3, 0.4) is 0 Å². The zero-order chi connectivity index (χ0) is 7.40. The quantitative estimate of drug-likeness (QED) is 0.722. The summed E-state index contributed by atoms with van der Waals surface area (Å²) in [6.07, 6.45) is 0. The third-order valence-corrected chi connectivity index (χ3v) is 1.51. The highest BCUT2D eigenvalue weighted by Gasteiger charge is 1.90. The minimum atomic E-state index is 0. The summed E-state index contributed by atoms with van der Waals surface area (Å²) in [5, 5.41) is 3.28. The number of rotatable bonds is 2. The highest BCUT2D eigenvalue weighted by molar-refractivity contribution is 5.85. The summed E-state index contributed by atoms with van der Waals surface area (Å²) in [4.78, 5) is 0. The van der Waals surface area contributed by atoms with E-state index in [0.717, 1.165) is 6.54 Å². The first kappa shape index (κ1) is 10.3. The lowest BCUT2D eigenvalue weighted by molar-refractivity contribution is 1.20. The van der Waals surface area contributed by atoms with Crippen LogP contribution in [0.15, 0.2) is 24.3 Å². The fourth-order valence-corrected chi connectivity index (χ4v) is 0.962. The summed E-state index contributed by atoms with van der Waals surface area (Å²) in [7, 11) is 0. The van der Waals surface area contributed by atoms with Gasteiger partial charge >= 0.3 is 0 Å². The number of halogens is 1. The Bertz CT molecular complexity index is 210. The van der Waals surface area contributed by atoms with Crippen LogP contribution in [0, 0.1) is 6.92 Å². The van der Waals surface area contributed by atoms with Gasteiger partial charge in [0.15, 0.2) is 0 Å². The Morgan fingerprint density at radius 1 is 1.27 bits per heavy atom. The zero-order valence-electron chi connectivity index (χ0n) is 6.92. The molecule has 0 saturated carbocycles. The predicted molar refractivity (Wildman–Crippen MR) is 52.6 cm³/mol. The summed E-state index contributed by atoms with van der Waals surface area (Å²) in [5.74, 6) is 0. The van der Waals surface area contributed by atoms with Gasteiger partial charge in [-0.15, -0.1) is 12.4 Å². The van der Waals surface area contributed by atoms with Crippen molar-refractivity contribution in [3.05, 3.63) is 29.8 Å². The number of para-hydroxylation sites is 1. The largest absolute Gasteiger partial charge is 0.385 e. The molecule has 0 heterocycles. The molecule has 0 aromatic heterocycles. The van der Waals surface area contributed by atoms with Crippen molar-refractivity contribution < 1.29 is 0 Å². The molecule has 0 saturated heterocycles. The Balaban J connectivity index is 0.000001000. The van der Waals surface area contributed by atoms with Crippen molar-refractivity contribution in [1.29, 1.82) is 0 Å². The monoisotopic (exact) mass is 171 g/mol. The first-order chi connectivity index (χ1) is 4.84. The molecule has 1 aromatic rings. The van der Waals surface area contributed by atoms with E-state index < -0.39 is 0 Å². The van der Waals surface area contributed by atoms with Crippen LogP contribution >= 0.6 is 12.4 Å². The Morgan fingerprint density at radius 3 is 2.45 bits per heavy atom. The van der Waals surface area contributed by atoms with Gasteiger partial charge in [0, 0.05) is 12.2 Å². The minimum absolute atomic E-state index is 0. The topological polar surface area (TPSA) is 12.0 Å². The lowest BCUT2D eigenvalue weighted by atomic mass is 10.2. The molecule has 0 aliphatic heterocycles. The Kier molecular flexibility index (Phi) is 4.71. The molecule has 0 radical (unpaired) electrons. The van der Waals surface area contributed by atoms with Crippen molar-refractivity contribution in [1.82, 2.24) is 0 Å². The van der Waals surface area contributed by atoms with E-state index in [1.807, 2.05) is 6.07 Å². The standard InChI is InChI=1S/C9H13N.ClH/c1-3-10-9-7-5-4-6-8(9)2;/h4-7,10H,3H2,1-2H3;1H. The molecule has 0 unspecified atom stereocenters. The van der Waals surface area contributed by atoms with Crippen LogP contribution in [-0.2, 0) is 0 Å². The van der Waals surface area contributed by atoms with Gasteiger partial charge in [0.1, 0.15) is 0 Å². The molecule has 1 N–H and O–H groups in total. The number of benzene rings is 1. The van der Waals surface area contributed by atoms with E-state index in [4.69, 9.17) is 0 Å². The van der Waals surface area contributed by atoms with Crippen LogP contribution in [0.4, 0.5) is 5.69 Å². The fourth-order valence-electron chi connectivity index (χ4n) is 0.962. The van der Waals surface area contributed by atoms with Gasteiger partial charge in [-0.05, 0) is 25.5 Å². The Morgan fingerprint density at radius 2 is 1.91 bits per heavy atom. The molecule has 0 aliphatic rings. The molecule has 11 heavy (non-hydrogen) atoms. The van der Waals surface area contributed by atoms with Gasteiger partial charge in [-0.3, -0.25) is 0 Å². The molecule has 0 atom stereocenters. The molecule has 1 aromatic carbocycles. The van der Waals surface area contributed by atoms with Crippen LogP contribution in [0.25, 0.3) is 0 Å². The van der Waals surface area contributed by atoms with E-state index in [2.05, 4.69) is 37.4 Å². The van der Waals surface area contributed by atoms with Gasteiger partial charge in [-0.1, -0.05) is 18.2 Å². The van der Waals surface area contributed by atoms with Gasteiger partial charge in [0.2, 0.25) is 0 Å². The Labute approximate surface area is 74.2 Å². The van der Waals surface area contributed by atoms with Gasteiger partial charge in [-0.25, -0.2) is 0 Å². The molecule has 2 heteroatoms. The Hall–Kier alpha value is -0.690. The van der Waals surface area contributed by atoms with Crippen molar-refractivity contribution in [3.63, 3.8) is 0 Å². The average Bonchev–Trinajstić information content (AvgIpc) is 1.94. The van der Waals surface area contributed by atoms with Gasteiger partial charge in [0.05, 0.1) is 0 Å². The van der Waals surface area contributed by atoms with Gasteiger partial charge in [0.25, 0.3) is 0 Å². The smallest absolute Gasteiger partial charge is 0.0369 e. The van der Waals surface area contributed by atoms with Crippen LogP contribution in [-0.4, -0.2) is 6.54 Å². The van der Waals surface area contributed by atoms with Crippen LogP contribution in [0.2, 0.25) is 0 Å². The molecule has 0 spiro atoms. The molecule has 0 bridgehead atoms. The van der Waals surface area contributed by atoms with E-state index >= 15 is 0 Å². The molecule has 1 nitrogen and oxygen atoms in total. The van der Waals surface area contributed by atoms with E-state index in [-0.39, 0.29) is 12.4 Å². The predicted octanol–water partition coefficient (Wildman–Crippen LogP) is 2.85. The second-order valence-corrected chi connectivity index (χ2v) is 2.35. The highest BCUT2D eigenvalue weighted by atomic mass is 35.5. The molecule has 0 aliphatic carbocycles.